The second-order valence-electron chi connectivity index (χ2n) is 6.23. The first-order valence-corrected chi connectivity index (χ1v) is 7.43. The van der Waals surface area contributed by atoms with Gasteiger partial charge in [0.1, 0.15) is 5.60 Å². The van der Waals surface area contributed by atoms with Crippen molar-refractivity contribution in [2.24, 2.45) is 11.8 Å². The molecule has 0 bridgehead atoms. The second-order valence-corrected chi connectivity index (χ2v) is 6.23. The Labute approximate surface area is 115 Å². The number of carbonyl (C=O) groups is 1. The molecule has 0 aromatic rings. The Morgan fingerprint density at radius 2 is 2.05 bits per heavy atom. The van der Waals surface area contributed by atoms with Crippen molar-refractivity contribution >= 4 is 5.97 Å². The number of rotatable bonds is 5. The topological polar surface area (TPSA) is 44.8 Å². The standard InChI is InChI=1S/C15H26O4/c1-11(2)13-4-6-15(10-13,19-12(3)16)7-5-14-17-8-9-18-14/h11,13-14H,4-10H2,1-3H3/t13-,15-/m0/s1. The van der Waals surface area contributed by atoms with Gasteiger partial charge in [-0.1, -0.05) is 13.8 Å². The molecule has 0 aromatic heterocycles. The maximum absolute atomic E-state index is 11.4. The van der Waals surface area contributed by atoms with Crippen molar-refractivity contribution in [3.8, 4) is 0 Å². The van der Waals surface area contributed by atoms with Gasteiger partial charge in [-0.15, -0.1) is 0 Å². The van der Waals surface area contributed by atoms with Crippen LogP contribution in [0, 0.1) is 11.8 Å². The maximum atomic E-state index is 11.4. The van der Waals surface area contributed by atoms with E-state index in [0.717, 1.165) is 32.1 Å². The summed E-state index contributed by atoms with van der Waals surface area (Å²) in [7, 11) is 0. The summed E-state index contributed by atoms with van der Waals surface area (Å²) >= 11 is 0. The molecule has 1 saturated heterocycles. The lowest BCUT2D eigenvalue weighted by atomic mass is 9.89. The lowest BCUT2D eigenvalue weighted by molar-refractivity contribution is -0.160. The van der Waals surface area contributed by atoms with Gasteiger partial charge in [0.2, 0.25) is 0 Å². The third-order valence-corrected chi connectivity index (χ3v) is 4.43. The molecular formula is C15H26O4. The molecule has 1 saturated carbocycles. The molecule has 1 aliphatic carbocycles. The fourth-order valence-electron chi connectivity index (χ4n) is 3.33. The largest absolute Gasteiger partial charge is 0.459 e. The summed E-state index contributed by atoms with van der Waals surface area (Å²) in [6, 6.07) is 0. The molecule has 4 nitrogen and oxygen atoms in total. The summed E-state index contributed by atoms with van der Waals surface area (Å²) in [5.41, 5.74) is -0.282. The van der Waals surface area contributed by atoms with Crippen molar-refractivity contribution < 1.29 is 19.0 Å². The summed E-state index contributed by atoms with van der Waals surface area (Å²) in [5.74, 6) is 1.14. The number of hydrogen-bond acceptors (Lipinski definition) is 4. The van der Waals surface area contributed by atoms with E-state index in [4.69, 9.17) is 14.2 Å². The van der Waals surface area contributed by atoms with Crippen molar-refractivity contribution in [2.45, 2.75) is 64.8 Å². The van der Waals surface area contributed by atoms with E-state index in [0.29, 0.717) is 25.0 Å². The first kappa shape index (κ1) is 14.8. The minimum Gasteiger partial charge on any atom is -0.459 e. The van der Waals surface area contributed by atoms with Crippen LogP contribution in [0.2, 0.25) is 0 Å². The summed E-state index contributed by atoms with van der Waals surface area (Å²) in [4.78, 5) is 11.4. The molecule has 0 radical (unpaired) electrons. The van der Waals surface area contributed by atoms with Crippen LogP contribution in [0.1, 0.15) is 52.9 Å². The van der Waals surface area contributed by atoms with Crippen molar-refractivity contribution in [2.75, 3.05) is 13.2 Å². The molecule has 0 aromatic carbocycles. The predicted octanol–water partition coefficient (Wildman–Crippen LogP) is 2.90. The van der Waals surface area contributed by atoms with Crippen molar-refractivity contribution in [3.05, 3.63) is 0 Å². The van der Waals surface area contributed by atoms with Crippen LogP contribution in [-0.2, 0) is 19.0 Å². The van der Waals surface area contributed by atoms with Crippen molar-refractivity contribution in [1.29, 1.82) is 0 Å². The average Bonchev–Trinajstić information content (AvgIpc) is 2.95. The van der Waals surface area contributed by atoms with Gasteiger partial charge in [-0.05, 0) is 37.5 Å². The summed E-state index contributed by atoms with van der Waals surface area (Å²) in [5, 5.41) is 0. The zero-order valence-corrected chi connectivity index (χ0v) is 12.3. The Kier molecular flexibility index (Phi) is 4.85. The van der Waals surface area contributed by atoms with Crippen molar-refractivity contribution in [1.82, 2.24) is 0 Å². The molecule has 0 spiro atoms. The number of hydrogen-bond donors (Lipinski definition) is 0. The van der Waals surface area contributed by atoms with E-state index in [-0.39, 0.29) is 17.9 Å². The minimum atomic E-state index is -0.282. The van der Waals surface area contributed by atoms with Crippen LogP contribution in [-0.4, -0.2) is 31.1 Å². The highest BCUT2D eigenvalue weighted by Gasteiger charge is 2.43. The van der Waals surface area contributed by atoms with E-state index in [9.17, 15) is 4.79 Å². The normalized spacial score (nSPS) is 32.1. The molecule has 19 heavy (non-hydrogen) atoms. The first-order valence-electron chi connectivity index (χ1n) is 7.43. The molecule has 2 aliphatic rings. The van der Waals surface area contributed by atoms with Gasteiger partial charge in [0, 0.05) is 13.3 Å². The van der Waals surface area contributed by atoms with Gasteiger partial charge in [-0.2, -0.15) is 0 Å². The summed E-state index contributed by atoms with van der Waals surface area (Å²) in [6.45, 7) is 7.36. The highest BCUT2D eigenvalue weighted by Crippen LogP contribution is 2.44. The van der Waals surface area contributed by atoms with Gasteiger partial charge in [0.15, 0.2) is 6.29 Å². The van der Waals surface area contributed by atoms with Crippen LogP contribution >= 0.6 is 0 Å². The van der Waals surface area contributed by atoms with E-state index in [1.807, 2.05) is 0 Å². The second kappa shape index (κ2) is 6.23. The van der Waals surface area contributed by atoms with Crippen LogP contribution < -0.4 is 0 Å². The molecule has 0 unspecified atom stereocenters. The molecule has 2 rings (SSSR count). The molecule has 4 heteroatoms. The van der Waals surface area contributed by atoms with Crippen LogP contribution in [0.4, 0.5) is 0 Å². The monoisotopic (exact) mass is 270 g/mol. The molecule has 1 heterocycles. The van der Waals surface area contributed by atoms with Gasteiger partial charge in [0.05, 0.1) is 13.2 Å². The van der Waals surface area contributed by atoms with Crippen molar-refractivity contribution in [3.63, 3.8) is 0 Å². The number of ether oxygens (including phenoxy) is 3. The van der Waals surface area contributed by atoms with E-state index in [1.54, 1.807) is 0 Å². The quantitative estimate of drug-likeness (QED) is 0.721. The van der Waals surface area contributed by atoms with Crippen LogP contribution in [0.3, 0.4) is 0 Å². The third-order valence-electron chi connectivity index (χ3n) is 4.43. The molecule has 0 amide bonds. The molecule has 2 fully saturated rings. The number of esters is 1. The summed E-state index contributed by atoms with van der Waals surface area (Å²) in [6.07, 6.45) is 4.67. The van der Waals surface area contributed by atoms with Gasteiger partial charge in [-0.25, -0.2) is 0 Å². The lowest BCUT2D eigenvalue weighted by Crippen LogP contribution is -2.33. The van der Waals surface area contributed by atoms with E-state index < -0.39 is 0 Å². The first-order chi connectivity index (χ1) is 9.01. The van der Waals surface area contributed by atoms with E-state index in [2.05, 4.69) is 13.8 Å². The third kappa shape index (κ3) is 3.93. The van der Waals surface area contributed by atoms with Gasteiger partial charge < -0.3 is 14.2 Å². The van der Waals surface area contributed by atoms with Gasteiger partial charge in [-0.3, -0.25) is 4.79 Å². The highest BCUT2D eigenvalue weighted by molar-refractivity contribution is 5.66. The zero-order chi connectivity index (χ0) is 13.9. The maximum Gasteiger partial charge on any atom is 0.303 e. The molecular weight excluding hydrogens is 244 g/mol. The van der Waals surface area contributed by atoms with Crippen LogP contribution in [0.15, 0.2) is 0 Å². The SMILES string of the molecule is CC(=O)O[C@]1(CCC2OCCO2)CC[C@H](C(C)C)C1. The smallest absolute Gasteiger partial charge is 0.303 e. The fraction of sp³-hybridized carbons (Fsp3) is 0.933. The average molecular weight is 270 g/mol. The fourth-order valence-corrected chi connectivity index (χ4v) is 3.33. The number of carbonyl (C=O) groups excluding carboxylic acids is 1. The lowest BCUT2D eigenvalue weighted by Gasteiger charge is -2.30. The molecule has 110 valence electrons. The van der Waals surface area contributed by atoms with E-state index >= 15 is 0 Å². The van der Waals surface area contributed by atoms with Gasteiger partial charge >= 0.3 is 5.97 Å². The Morgan fingerprint density at radius 3 is 2.58 bits per heavy atom. The Bertz CT molecular complexity index is 309. The minimum absolute atomic E-state index is 0.106. The Morgan fingerprint density at radius 1 is 1.37 bits per heavy atom. The summed E-state index contributed by atoms with van der Waals surface area (Å²) < 4.78 is 16.6. The predicted molar refractivity (Wildman–Crippen MR) is 71.6 cm³/mol. The molecule has 0 N–H and O–H groups in total. The highest BCUT2D eigenvalue weighted by atomic mass is 16.7. The van der Waals surface area contributed by atoms with Gasteiger partial charge in [0.25, 0.3) is 0 Å². The molecule has 1 aliphatic heterocycles. The Hall–Kier alpha value is -0.610. The van der Waals surface area contributed by atoms with E-state index in [1.165, 1.54) is 6.92 Å². The van der Waals surface area contributed by atoms with Crippen LogP contribution in [0.25, 0.3) is 0 Å². The van der Waals surface area contributed by atoms with Crippen LogP contribution in [0.5, 0.6) is 0 Å². The zero-order valence-electron chi connectivity index (χ0n) is 12.3. The molecule has 2 atom stereocenters. The Balaban J connectivity index is 1.93.